The number of benzene rings is 1. The van der Waals surface area contributed by atoms with Gasteiger partial charge in [-0.05, 0) is 35.6 Å². The van der Waals surface area contributed by atoms with E-state index in [1.165, 1.54) is 11.8 Å². The van der Waals surface area contributed by atoms with Crippen LogP contribution < -0.4 is 4.74 Å². The SMILES string of the molecule is Cc1cc(C(C)(C)C)ccc1Oc1nnccc1C#N. The maximum absolute atomic E-state index is 9.02. The summed E-state index contributed by atoms with van der Waals surface area (Å²) in [5.41, 5.74) is 2.71. The second-order valence-corrected chi connectivity index (χ2v) is 5.69. The highest BCUT2D eigenvalue weighted by molar-refractivity contribution is 5.43. The molecule has 102 valence electrons. The zero-order valence-corrected chi connectivity index (χ0v) is 12.1. The minimum Gasteiger partial charge on any atom is -0.436 e. The Morgan fingerprint density at radius 1 is 1.20 bits per heavy atom. The number of aryl methyl sites for hydroxylation is 1. The molecule has 0 unspecified atom stereocenters. The van der Waals surface area contributed by atoms with Crippen LogP contribution in [-0.4, -0.2) is 10.2 Å². The monoisotopic (exact) mass is 267 g/mol. The van der Waals surface area contributed by atoms with E-state index in [9.17, 15) is 0 Å². The fourth-order valence-corrected chi connectivity index (χ4v) is 1.81. The largest absolute Gasteiger partial charge is 0.436 e. The Kier molecular flexibility index (Phi) is 3.71. The fraction of sp³-hybridized carbons (Fsp3) is 0.312. The van der Waals surface area contributed by atoms with Crippen molar-refractivity contribution in [1.29, 1.82) is 5.26 Å². The van der Waals surface area contributed by atoms with Crippen molar-refractivity contribution >= 4 is 0 Å². The van der Waals surface area contributed by atoms with Crippen LogP contribution in [0, 0.1) is 18.3 Å². The van der Waals surface area contributed by atoms with E-state index in [1.807, 2.05) is 25.1 Å². The van der Waals surface area contributed by atoms with Crippen molar-refractivity contribution in [1.82, 2.24) is 10.2 Å². The third kappa shape index (κ3) is 2.94. The highest BCUT2D eigenvalue weighted by Gasteiger charge is 2.15. The van der Waals surface area contributed by atoms with Crippen LogP contribution >= 0.6 is 0 Å². The van der Waals surface area contributed by atoms with E-state index in [1.54, 1.807) is 6.07 Å². The van der Waals surface area contributed by atoms with Crippen LogP contribution in [-0.2, 0) is 5.41 Å². The van der Waals surface area contributed by atoms with E-state index in [0.29, 0.717) is 11.3 Å². The predicted molar refractivity (Wildman–Crippen MR) is 76.7 cm³/mol. The van der Waals surface area contributed by atoms with Crippen LogP contribution in [0.25, 0.3) is 0 Å². The quantitative estimate of drug-likeness (QED) is 0.831. The Bertz CT molecular complexity index is 666. The van der Waals surface area contributed by atoms with E-state index >= 15 is 0 Å². The lowest BCUT2D eigenvalue weighted by Gasteiger charge is -2.20. The molecule has 1 aromatic carbocycles. The Balaban J connectivity index is 2.34. The van der Waals surface area contributed by atoms with Gasteiger partial charge in [-0.3, -0.25) is 0 Å². The molecule has 0 bridgehead atoms. The smallest absolute Gasteiger partial charge is 0.256 e. The van der Waals surface area contributed by atoms with Gasteiger partial charge in [-0.25, -0.2) is 0 Å². The molecule has 0 atom stereocenters. The van der Waals surface area contributed by atoms with Crippen LogP contribution in [0.4, 0.5) is 0 Å². The van der Waals surface area contributed by atoms with Gasteiger partial charge in [0.15, 0.2) is 0 Å². The first kappa shape index (κ1) is 14.0. The number of nitriles is 1. The minimum absolute atomic E-state index is 0.0909. The van der Waals surface area contributed by atoms with Gasteiger partial charge < -0.3 is 4.74 Å². The van der Waals surface area contributed by atoms with E-state index in [2.05, 4.69) is 37.0 Å². The lowest BCUT2D eigenvalue weighted by atomic mass is 9.86. The van der Waals surface area contributed by atoms with E-state index in [-0.39, 0.29) is 11.3 Å². The molecule has 0 amide bonds. The van der Waals surface area contributed by atoms with Gasteiger partial charge in [0.25, 0.3) is 5.88 Å². The summed E-state index contributed by atoms with van der Waals surface area (Å²) in [7, 11) is 0. The topological polar surface area (TPSA) is 58.8 Å². The van der Waals surface area contributed by atoms with E-state index in [4.69, 9.17) is 10.00 Å². The van der Waals surface area contributed by atoms with Crippen LogP contribution in [0.5, 0.6) is 11.6 Å². The van der Waals surface area contributed by atoms with Crippen LogP contribution in [0.2, 0.25) is 0 Å². The number of aromatic nitrogens is 2. The van der Waals surface area contributed by atoms with Gasteiger partial charge in [0.05, 0.1) is 6.20 Å². The second-order valence-electron chi connectivity index (χ2n) is 5.69. The molecule has 0 spiro atoms. The fourth-order valence-electron chi connectivity index (χ4n) is 1.81. The Hall–Kier alpha value is -2.41. The van der Waals surface area contributed by atoms with Crippen molar-refractivity contribution in [2.24, 2.45) is 0 Å². The third-order valence-corrected chi connectivity index (χ3v) is 3.05. The zero-order valence-electron chi connectivity index (χ0n) is 12.1. The number of hydrogen-bond donors (Lipinski definition) is 0. The summed E-state index contributed by atoms with van der Waals surface area (Å²) in [6.07, 6.45) is 1.47. The molecular formula is C16H17N3O. The van der Waals surface area contributed by atoms with Gasteiger partial charge in [-0.15, -0.1) is 5.10 Å². The number of ether oxygens (including phenoxy) is 1. The standard InChI is InChI=1S/C16H17N3O/c1-11-9-13(16(2,3)4)5-6-14(11)20-15-12(10-17)7-8-18-19-15/h5-9H,1-4H3. The van der Waals surface area contributed by atoms with Crippen LogP contribution in [0.15, 0.2) is 30.5 Å². The first-order chi connectivity index (χ1) is 9.41. The molecule has 1 heterocycles. The van der Waals surface area contributed by atoms with Crippen molar-refractivity contribution in [3.63, 3.8) is 0 Å². The Morgan fingerprint density at radius 2 is 1.95 bits per heavy atom. The summed E-state index contributed by atoms with van der Waals surface area (Å²) in [4.78, 5) is 0. The first-order valence-corrected chi connectivity index (χ1v) is 6.42. The average Bonchev–Trinajstić information content (AvgIpc) is 2.40. The highest BCUT2D eigenvalue weighted by atomic mass is 16.5. The minimum atomic E-state index is 0.0909. The predicted octanol–water partition coefficient (Wildman–Crippen LogP) is 3.75. The molecular weight excluding hydrogens is 250 g/mol. The molecule has 0 aliphatic heterocycles. The Morgan fingerprint density at radius 3 is 2.55 bits per heavy atom. The molecule has 2 aromatic rings. The first-order valence-electron chi connectivity index (χ1n) is 6.42. The summed E-state index contributed by atoms with van der Waals surface area (Å²) >= 11 is 0. The van der Waals surface area contributed by atoms with Crippen molar-refractivity contribution in [3.8, 4) is 17.7 Å². The number of hydrogen-bond acceptors (Lipinski definition) is 4. The second kappa shape index (κ2) is 5.30. The highest BCUT2D eigenvalue weighted by Crippen LogP contribution is 2.30. The maximum atomic E-state index is 9.02. The van der Waals surface area contributed by atoms with Gasteiger partial charge in [-0.2, -0.15) is 10.4 Å². The summed E-state index contributed by atoms with van der Waals surface area (Å²) in [6, 6.07) is 9.66. The van der Waals surface area contributed by atoms with Crippen LogP contribution in [0.3, 0.4) is 0 Å². The third-order valence-electron chi connectivity index (χ3n) is 3.05. The van der Waals surface area contributed by atoms with Gasteiger partial charge in [0.2, 0.25) is 0 Å². The zero-order chi connectivity index (χ0) is 14.8. The van der Waals surface area contributed by atoms with E-state index < -0.39 is 0 Å². The van der Waals surface area contributed by atoms with Crippen molar-refractivity contribution in [2.75, 3.05) is 0 Å². The summed E-state index contributed by atoms with van der Waals surface area (Å²) in [6.45, 7) is 8.48. The molecule has 0 aliphatic carbocycles. The molecule has 20 heavy (non-hydrogen) atoms. The van der Waals surface area contributed by atoms with E-state index in [0.717, 1.165) is 5.56 Å². The summed E-state index contributed by atoms with van der Waals surface area (Å²) < 4.78 is 5.70. The summed E-state index contributed by atoms with van der Waals surface area (Å²) in [5.74, 6) is 0.927. The molecule has 4 nitrogen and oxygen atoms in total. The molecule has 1 aromatic heterocycles. The van der Waals surface area contributed by atoms with Crippen molar-refractivity contribution in [2.45, 2.75) is 33.1 Å². The molecule has 0 saturated heterocycles. The lowest BCUT2D eigenvalue weighted by molar-refractivity contribution is 0.449. The van der Waals surface area contributed by atoms with Gasteiger partial charge >= 0.3 is 0 Å². The van der Waals surface area contributed by atoms with Crippen molar-refractivity contribution < 1.29 is 4.74 Å². The molecule has 0 fully saturated rings. The molecule has 0 saturated carbocycles. The molecule has 0 aliphatic rings. The van der Waals surface area contributed by atoms with Gasteiger partial charge in [0, 0.05) is 0 Å². The average molecular weight is 267 g/mol. The maximum Gasteiger partial charge on any atom is 0.256 e. The molecule has 0 radical (unpaired) electrons. The van der Waals surface area contributed by atoms with Crippen molar-refractivity contribution in [3.05, 3.63) is 47.2 Å². The number of rotatable bonds is 2. The summed E-state index contributed by atoms with van der Waals surface area (Å²) in [5, 5.41) is 16.6. The lowest BCUT2D eigenvalue weighted by Crippen LogP contribution is -2.11. The Labute approximate surface area is 119 Å². The molecule has 2 rings (SSSR count). The normalized spacial score (nSPS) is 10.9. The van der Waals surface area contributed by atoms with Gasteiger partial charge in [0.1, 0.15) is 17.4 Å². The number of nitrogens with zero attached hydrogens (tertiary/aromatic N) is 3. The van der Waals surface area contributed by atoms with Gasteiger partial charge in [-0.1, -0.05) is 32.9 Å². The molecule has 0 N–H and O–H groups in total. The molecule has 4 heteroatoms. The van der Waals surface area contributed by atoms with Crippen LogP contribution in [0.1, 0.15) is 37.5 Å².